The van der Waals surface area contributed by atoms with Crippen molar-refractivity contribution in [2.24, 2.45) is 5.92 Å². The second-order valence-electron chi connectivity index (χ2n) is 5.09. The number of carboxylic acids is 1. The summed E-state index contributed by atoms with van der Waals surface area (Å²) in [6.07, 6.45) is 2.45. The summed E-state index contributed by atoms with van der Waals surface area (Å²) in [5.41, 5.74) is -0.0812. The molecule has 0 spiro atoms. The minimum absolute atomic E-state index is 0.0812. The number of carbonyl (C=O) groups excluding carboxylic acids is 1. The fourth-order valence-electron chi connectivity index (χ4n) is 2.50. The molecule has 3 N–H and O–H groups in total. The third-order valence-corrected chi connectivity index (χ3v) is 3.87. The first-order valence-corrected chi connectivity index (χ1v) is 7.09. The lowest BCUT2D eigenvalue weighted by atomic mass is 9.86. The van der Waals surface area contributed by atoms with Gasteiger partial charge in [0.25, 0.3) is 0 Å². The summed E-state index contributed by atoms with van der Waals surface area (Å²) in [6.45, 7) is 0. The van der Waals surface area contributed by atoms with Crippen molar-refractivity contribution in [3.05, 3.63) is 29.0 Å². The van der Waals surface area contributed by atoms with Crippen LogP contribution in [0.3, 0.4) is 0 Å². The Kier molecular flexibility index (Phi) is 5.01. The number of nitrogens with one attached hydrogen (secondary N) is 2. The number of aliphatic carboxylic acids is 1. The minimum atomic E-state index is -0.848. The second-order valence-corrected chi connectivity index (χ2v) is 5.50. The Morgan fingerprint density at radius 2 is 2.10 bits per heavy atom. The van der Waals surface area contributed by atoms with Crippen molar-refractivity contribution in [3.8, 4) is 0 Å². The number of hydrogen-bond donors (Lipinski definition) is 3. The molecular formula is C14H16ClFN2O3. The maximum absolute atomic E-state index is 13.6. The van der Waals surface area contributed by atoms with E-state index in [0.29, 0.717) is 19.3 Å². The number of rotatable bonds is 3. The first-order chi connectivity index (χ1) is 9.97. The standard InChI is InChI=1S/C14H16ClFN2O3/c15-10-5-2-6-11(16)12(10)18-14(21)17-9-4-1-3-8(7-9)13(19)20/h2,5-6,8-9H,1,3-4,7H2,(H,19,20)(H2,17,18,21). The summed E-state index contributed by atoms with van der Waals surface area (Å²) >= 11 is 5.82. The second kappa shape index (κ2) is 6.76. The van der Waals surface area contributed by atoms with Gasteiger partial charge in [-0.15, -0.1) is 0 Å². The van der Waals surface area contributed by atoms with Crippen molar-refractivity contribution in [2.45, 2.75) is 31.7 Å². The number of carboxylic acid groups (broad SMARTS) is 1. The molecule has 7 heteroatoms. The molecule has 21 heavy (non-hydrogen) atoms. The number of halogens is 2. The molecule has 0 aromatic heterocycles. The molecule has 1 aromatic rings. The molecule has 2 atom stereocenters. The number of amides is 2. The van der Waals surface area contributed by atoms with Crippen LogP contribution in [0.5, 0.6) is 0 Å². The highest BCUT2D eigenvalue weighted by Gasteiger charge is 2.28. The average Bonchev–Trinajstić information content (AvgIpc) is 2.43. The molecule has 1 aliphatic carbocycles. The van der Waals surface area contributed by atoms with E-state index in [1.807, 2.05) is 0 Å². The van der Waals surface area contributed by atoms with E-state index in [4.69, 9.17) is 16.7 Å². The molecule has 0 bridgehead atoms. The Morgan fingerprint density at radius 3 is 2.76 bits per heavy atom. The summed E-state index contributed by atoms with van der Waals surface area (Å²) in [6, 6.07) is 3.30. The molecule has 2 unspecified atom stereocenters. The van der Waals surface area contributed by atoms with Gasteiger partial charge < -0.3 is 15.7 Å². The number of hydrogen-bond acceptors (Lipinski definition) is 2. The Labute approximate surface area is 126 Å². The van der Waals surface area contributed by atoms with Crippen LogP contribution in [0.15, 0.2) is 18.2 Å². The number of para-hydroxylation sites is 1. The van der Waals surface area contributed by atoms with Crippen LogP contribution in [-0.4, -0.2) is 23.1 Å². The first-order valence-electron chi connectivity index (χ1n) is 6.71. The molecule has 1 saturated carbocycles. The number of anilines is 1. The van der Waals surface area contributed by atoms with Gasteiger partial charge in [0.1, 0.15) is 5.82 Å². The van der Waals surface area contributed by atoms with Crippen LogP contribution in [0.2, 0.25) is 5.02 Å². The van der Waals surface area contributed by atoms with Gasteiger partial charge in [0.15, 0.2) is 0 Å². The highest BCUT2D eigenvalue weighted by molar-refractivity contribution is 6.33. The zero-order valence-electron chi connectivity index (χ0n) is 11.2. The minimum Gasteiger partial charge on any atom is -0.481 e. The van der Waals surface area contributed by atoms with Crippen LogP contribution in [-0.2, 0) is 4.79 Å². The van der Waals surface area contributed by atoms with Crippen molar-refractivity contribution in [2.75, 3.05) is 5.32 Å². The lowest BCUT2D eigenvalue weighted by molar-refractivity contribution is -0.143. The monoisotopic (exact) mass is 314 g/mol. The van der Waals surface area contributed by atoms with Gasteiger partial charge in [-0.2, -0.15) is 0 Å². The van der Waals surface area contributed by atoms with E-state index >= 15 is 0 Å². The smallest absolute Gasteiger partial charge is 0.319 e. The van der Waals surface area contributed by atoms with Crippen LogP contribution in [0.25, 0.3) is 0 Å². The number of benzene rings is 1. The van der Waals surface area contributed by atoms with E-state index in [1.165, 1.54) is 18.2 Å². The molecule has 1 fully saturated rings. The van der Waals surface area contributed by atoms with E-state index in [1.54, 1.807) is 0 Å². The third kappa shape index (κ3) is 4.07. The lowest BCUT2D eigenvalue weighted by Crippen LogP contribution is -2.42. The number of urea groups is 1. The van der Waals surface area contributed by atoms with Gasteiger partial charge >= 0.3 is 12.0 Å². The van der Waals surface area contributed by atoms with Gasteiger partial charge in [0, 0.05) is 6.04 Å². The molecule has 0 heterocycles. The normalized spacial score (nSPS) is 21.6. The zero-order valence-corrected chi connectivity index (χ0v) is 12.0. The van der Waals surface area contributed by atoms with Crippen LogP contribution >= 0.6 is 11.6 Å². The van der Waals surface area contributed by atoms with Crippen molar-refractivity contribution in [1.82, 2.24) is 5.32 Å². The van der Waals surface area contributed by atoms with Crippen molar-refractivity contribution in [1.29, 1.82) is 0 Å². The summed E-state index contributed by atoms with van der Waals surface area (Å²) in [7, 11) is 0. The quantitative estimate of drug-likeness (QED) is 0.801. The van der Waals surface area contributed by atoms with Crippen LogP contribution < -0.4 is 10.6 Å². The zero-order chi connectivity index (χ0) is 15.4. The van der Waals surface area contributed by atoms with Gasteiger partial charge in [0.05, 0.1) is 16.6 Å². The Hall–Kier alpha value is -1.82. The largest absolute Gasteiger partial charge is 0.481 e. The molecule has 5 nitrogen and oxygen atoms in total. The Morgan fingerprint density at radius 1 is 1.33 bits per heavy atom. The highest BCUT2D eigenvalue weighted by atomic mass is 35.5. The van der Waals surface area contributed by atoms with Crippen LogP contribution in [0.4, 0.5) is 14.9 Å². The van der Waals surface area contributed by atoms with Crippen molar-refractivity contribution < 1.29 is 19.1 Å². The van der Waals surface area contributed by atoms with E-state index < -0.39 is 23.7 Å². The van der Waals surface area contributed by atoms with E-state index in [9.17, 15) is 14.0 Å². The van der Waals surface area contributed by atoms with Gasteiger partial charge in [-0.05, 0) is 31.4 Å². The van der Waals surface area contributed by atoms with Gasteiger partial charge in [-0.25, -0.2) is 9.18 Å². The van der Waals surface area contributed by atoms with Gasteiger partial charge in [-0.3, -0.25) is 4.79 Å². The Bertz CT molecular complexity index is 533. The van der Waals surface area contributed by atoms with Crippen LogP contribution in [0, 0.1) is 11.7 Å². The topological polar surface area (TPSA) is 78.4 Å². The fraction of sp³-hybridized carbons (Fsp3) is 0.429. The molecule has 0 radical (unpaired) electrons. The summed E-state index contributed by atoms with van der Waals surface area (Å²) in [4.78, 5) is 22.8. The van der Waals surface area contributed by atoms with E-state index in [-0.39, 0.29) is 16.8 Å². The summed E-state index contributed by atoms with van der Waals surface area (Å²) in [5.74, 6) is -1.91. The van der Waals surface area contributed by atoms with Gasteiger partial charge in [-0.1, -0.05) is 24.1 Å². The predicted molar refractivity (Wildman–Crippen MR) is 76.9 cm³/mol. The number of carbonyl (C=O) groups is 2. The SMILES string of the molecule is O=C(Nc1c(F)cccc1Cl)NC1CCCC(C(=O)O)C1. The maximum Gasteiger partial charge on any atom is 0.319 e. The van der Waals surface area contributed by atoms with E-state index in [0.717, 1.165) is 6.42 Å². The van der Waals surface area contributed by atoms with Crippen LogP contribution in [0.1, 0.15) is 25.7 Å². The van der Waals surface area contributed by atoms with E-state index in [2.05, 4.69) is 10.6 Å². The molecule has 2 rings (SSSR count). The third-order valence-electron chi connectivity index (χ3n) is 3.56. The maximum atomic E-state index is 13.6. The highest BCUT2D eigenvalue weighted by Crippen LogP contribution is 2.26. The molecule has 0 saturated heterocycles. The average molecular weight is 315 g/mol. The predicted octanol–water partition coefficient (Wildman–Crippen LogP) is 3.24. The molecule has 114 valence electrons. The molecular weight excluding hydrogens is 299 g/mol. The fourth-order valence-corrected chi connectivity index (χ4v) is 2.71. The van der Waals surface area contributed by atoms with Gasteiger partial charge in [0.2, 0.25) is 0 Å². The van der Waals surface area contributed by atoms with Crippen molar-refractivity contribution in [3.63, 3.8) is 0 Å². The molecule has 2 amide bonds. The lowest BCUT2D eigenvalue weighted by Gasteiger charge is -2.27. The molecule has 0 aliphatic heterocycles. The Balaban J connectivity index is 1.94. The summed E-state index contributed by atoms with van der Waals surface area (Å²) < 4.78 is 13.6. The molecule has 1 aliphatic rings. The molecule has 1 aromatic carbocycles. The first kappa shape index (κ1) is 15.6. The van der Waals surface area contributed by atoms with Crippen molar-refractivity contribution >= 4 is 29.3 Å². The summed E-state index contributed by atoms with van der Waals surface area (Å²) in [5, 5.41) is 14.1.